The van der Waals surface area contributed by atoms with Gasteiger partial charge in [-0.3, -0.25) is 4.90 Å². The molecule has 2 aromatic carbocycles. The van der Waals surface area contributed by atoms with Gasteiger partial charge >= 0.3 is 0 Å². The molecule has 1 aliphatic heterocycles. The summed E-state index contributed by atoms with van der Waals surface area (Å²) in [5.74, 6) is 2.45. The molecule has 164 valence electrons. The molecule has 3 aromatic rings. The third-order valence-corrected chi connectivity index (χ3v) is 6.24. The highest BCUT2D eigenvalue weighted by molar-refractivity contribution is 5.28. The molecule has 1 atom stereocenters. The molecule has 0 aliphatic carbocycles. The van der Waals surface area contributed by atoms with Gasteiger partial charge in [0.2, 0.25) is 5.82 Å². The second-order valence-electron chi connectivity index (χ2n) is 8.85. The van der Waals surface area contributed by atoms with Crippen molar-refractivity contribution in [3.63, 3.8) is 0 Å². The van der Waals surface area contributed by atoms with E-state index in [4.69, 9.17) is 4.74 Å². The van der Waals surface area contributed by atoms with Crippen LogP contribution >= 0.6 is 0 Å². The van der Waals surface area contributed by atoms with E-state index in [1.54, 1.807) is 16.9 Å². The lowest BCUT2D eigenvalue weighted by Crippen LogP contribution is -3.26. The molecule has 31 heavy (non-hydrogen) atoms. The fourth-order valence-electron chi connectivity index (χ4n) is 4.59. The Labute approximate surface area is 184 Å². The second-order valence-corrected chi connectivity index (χ2v) is 8.85. The molecule has 0 saturated carbocycles. The van der Waals surface area contributed by atoms with Gasteiger partial charge in [-0.2, -0.15) is 0 Å². The first-order valence-corrected chi connectivity index (χ1v) is 11.3. The quantitative estimate of drug-likeness (QED) is 0.567. The Morgan fingerprint density at radius 1 is 0.968 bits per heavy atom. The van der Waals surface area contributed by atoms with Gasteiger partial charge in [0.1, 0.15) is 37.6 Å². The number of hydrogen-bond acceptors (Lipinski definition) is 4. The monoisotopic (exact) mass is 422 g/mol. The summed E-state index contributed by atoms with van der Waals surface area (Å²) in [6.45, 7) is 9.76. The Kier molecular flexibility index (Phi) is 6.94. The fraction of sp³-hybridized carbons (Fsp3) is 0.458. The van der Waals surface area contributed by atoms with Crippen LogP contribution in [-0.4, -0.2) is 53.5 Å². The maximum Gasteiger partial charge on any atom is 0.209 e. The van der Waals surface area contributed by atoms with E-state index in [1.165, 1.54) is 11.3 Å². The first-order chi connectivity index (χ1) is 15.1. The zero-order valence-electron chi connectivity index (χ0n) is 18.8. The van der Waals surface area contributed by atoms with Crippen LogP contribution < -0.4 is 14.5 Å². The minimum absolute atomic E-state index is 0.311. The average Bonchev–Trinajstić information content (AvgIpc) is 3.26. The van der Waals surface area contributed by atoms with Crippen LogP contribution in [0, 0.1) is 5.92 Å². The van der Waals surface area contributed by atoms with Crippen molar-refractivity contribution < 1.29 is 14.5 Å². The van der Waals surface area contributed by atoms with E-state index in [1.807, 2.05) is 16.8 Å². The summed E-state index contributed by atoms with van der Waals surface area (Å²) in [5, 5.41) is 12.9. The lowest BCUT2D eigenvalue weighted by Gasteiger charge is -2.34. The summed E-state index contributed by atoms with van der Waals surface area (Å²) in [5.41, 5.74) is 2.57. The molecule has 2 heterocycles. The number of piperazine rings is 1. The zero-order valence-corrected chi connectivity index (χ0v) is 18.8. The van der Waals surface area contributed by atoms with Crippen LogP contribution in [0.2, 0.25) is 0 Å². The van der Waals surface area contributed by atoms with E-state index in [0.29, 0.717) is 18.5 Å². The Morgan fingerprint density at radius 3 is 2.32 bits per heavy atom. The number of methoxy groups -OCH3 is 1. The average molecular weight is 423 g/mol. The smallest absolute Gasteiger partial charge is 0.209 e. The van der Waals surface area contributed by atoms with Crippen molar-refractivity contribution in [3.8, 4) is 5.75 Å². The van der Waals surface area contributed by atoms with E-state index in [9.17, 15) is 0 Å². The molecule has 0 radical (unpaired) electrons. The van der Waals surface area contributed by atoms with E-state index in [-0.39, 0.29) is 0 Å². The molecule has 0 amide bonds. The Balaban J connectivity index is 1.49. The SMILES string of the molecule is COc1ccc(Cn2nnnc2[C@@H](CC(C)C)[NH+]2CC[NH+](c3ccccc3)CC2)cc1. The standard InChI is InChI=1S/C24H32N6O/c1-19(2)17-23(29-15-13-28(14-16-29)21-7-5-4-6-8-21)24-25-26-27-30(24)18-20-9-11-22(31-3)12-10-20/h4-12,19,23H,13-18H2,1-3H3/p+2/t23-/m1/s1. The van der Waals surface area contributed by atoms with Crippen molar-refractivity contribution in [2.24, 2.45) is 5.92 Å². The van der Waals surface area contributed by atoms with E-state index in [0.717, 1.165) is 44.2 Å². The zero-order chi connectivity index (χ0) is 21.6. The van der Waals surface area contributed by atoms with E-state index < -0.39 is 0 Å². The van der Waals surface area contributed by atoms with Gasteiger partial charge in [-0.25, -0.2) is 4.68 Å². The number of hydrogen-bond donors (Lipinski definition) is 2. The lowest BCUT2D eigenvalue weighted by molar-refractivity contribution is -1.01. The van der Waals surface area contributed by atoms with Gasteiger partial charge in [-0.05, 0) is 46.2 Å². The Bertz CT molecular complexity index is 932. The van der Waals surface area contributed by atoms with Gasteiger partial charge < -0.3 is 9.64 Å². The molecule has 1 aromatic heterocycles. The topological polar surface area (TPSA) is 61.7 Å². The van der Waals surface area contributed by atoms with Gasteiger partial charge in [0.25, 0.3) is 0 Å². The molecule has 0 spiro atoms. The van der Waals surface area contributed by atoms with Crippen molar-refractivity contribution in [3.05, 3.63) is 66.0 Å². The molecule has 1 aliphatic rings. The lowest BCUT2D eigenvalue weighted by atomic mass is 10.0. The van der Waals surface area contributed by atoms with Crippen LogP contribution in [0.4, 0.5) is 5.69 Å². The number of para-hydroxylation sites is 1. The fourth-order valence-corrected chi connectivity index (χ4v) is 4.59. The summed E-state index contributed by atoms with van der Waals surface area (Å²) >= 11 is 0. The number of aromatic nitrogens is 4. The highest BCUT2D eigenvalue weighted by Gasteiger charge is 2.35. The molecular weight excluding hydrogens is 388 g/mol. The minimum atomic E-state index is 0.311. The summed E-state index contributed by atoms with van der Waals surface area (Å²) in [7, 11) is 1.69. The van der Waals surface area contributed by atoms with E-state index in [2.05, 4.69) is 71.8 Å². The number of tetrazole rings is 1. The number of ether oxygens (including phenoxy) is 1. The molecular formula is C24H34N6O+2. The van der Waals surface area contributed by atoms with Gasteiger partial charge in [0, 0.05) is 6.42 Å². The predicted molar refractivity (Wildman–Crippen MR) is 120 cm³/mol. The maximum absolute atomic E-state index is 5.28. The van der Waals surface area contributed by atoms with Gasteiger partial charge in [-0.15, -0.1) is 5.10 Å². The Morgan fingerprint density at radius 2 is 1.68 bits per heavy atom. The predicted octanol–water partition coefficient (Wildman–Crippen LogP) is 0.932. The molecule has 2 N–H and O–H groups in total. The van der Waals surface area contributed by atoms with Gasteiger partial charge in [0.15, 0.2) is 6.04 Å². The number of nitrogens with one attached hydrogen (secondary N) is 2. The number of benzene rings is 2. The van der Waals surface area contributed by atoms with Crippen LogP contribution in [0.15, 0.2) is 54.6 Å². The first kappa shape index (κ1) is 21.5. The van der Waals surface area contributed by atoms with Crippen molar-refractivity contribution in [1.82, 2.24) is 20.2 Å². The number of nitrogens with zero attached hydrogens (tertiary/aromatic N) is 4. The number of quaternary nitrogens is 2. The van der Waals surface area contributed by atoms with Crippen molar-refractivity contribution in [2.45, 2.75) is 32.9 Å². The number of rotatable bonds is 8. The van der Waals surface area contributed by atoms with Gasteiger partial charge in [0.05, 0.1) is 13.7 Å². The van der Waals surface area contributed by atoms with Crippen molar-refractivity contribution in [1.29, 1.82) is 0 Å². The van der Waals surface area contributed by atoms with E-state index >= 15 is 0 Å². The van der Waals surface area contributed by atoms with Gasteiger partial charge in [-0.1, -0.05) is 44.2 Å². The molecule has 0 bridgehead atoms. The Hall–Kier alpha value is -2.77. The molecule has 1 fully saturated rings. The molecule has 1 saturated heterocycles. The highest BCUT2D eigenvalue weighted by Crippen LogP contribution is 2.18. The van der Waals surface area contributed by atoms with Crippen molar-refractivity contribution >= 4 is 5.69 Å². The van der Waals surface area contributed by atoms with Crippen LogP contribution in [0.3, 0.4) is 0 Å². The van der Waals surface area contributed by atoms with Crippen LogP contribution in [0.25, 0.3) is 0 Å². The first-order valence-electron chi connectivity index (χ1n) is 11.3. The van der Waals surface area contributed by atoms with Crippen LogP contribution in [0.5, 0.6) is 5.75 Å². The molecule has 0 unspecified atom stereocenters. The van der Waals surface area contributed by atoms with Crippen LogP contribution in [0.1, 0.15) is 37.7 Å². The molecule has 7 heteroatoms. The van der Waals surface area contributed by atoms with Crippen molar-refractivity contribution in [2.75, 3.05) is 33.3 Å². The third-order valence-electron chi connectivity index (χ3n) is 6.24. The normalized spacial score (nSPS) is 20.0. The maximum atomic E-state index is 5.28. The minimum Gasteiger partial charge on any atom is -0.497 e. The summed E-state index contributed by atoms with van der Waals surface area (Å²) in [6, 6.07) is 19.3. The second kappa shape index (κ2) is 10.0. The largest absolute Gasteiger partial charge is 0.497 e. The van der Waals surface area contributed by atoms with Crippen LogP contribution in [-0.2, 0) is 6.54 Å². The summed E-state index contributed by atoms with van der Waals surface area (Å²) < 4.78 is 7.26. The summed E-state index contributed by atoms with van der Waals surface area (Å²) in [6.07, 6.45) is 1.08. The molecule has 4 rings (SSSR count). The highest BCUT2D eigenvalue weighted by atomic mass is 16.5. The third kappa shape index (κ3) is 5.29. The summed E-state index contributed by atoms with van der Waals surface area (Å²) in [4.78, 5) is 3.17. The molecule has 7 nitrogen and oxygen atoms in total.